The highest BCUT2D eigenvalue weighted by molar-refractivity contribution is 5.47. The van der Waals surface area contributed by atoms with E-state index in [1.807, 2.05) is 6.92 Å². The molecule has 0 fully saturated rings. The van der Waals surface area contributed by atoms with Crippen LogP contribution in [-0.2, 0) is 6.42 Å². The first-order valence-electron chi connectivity index (χ1n) is 8.41. The molecule has 0 bridgehead atoms. The molecular weight excluding hydrogens is 345 g/mol. The van der Waals surface area contributed by atoms with E-state index in [1.165, 1.54) is 0 Å². The van der Waals surface area contributed by atoms with Gasteiger partial charge < -0.3 is 4.74 Å². The predicted molar refractivity (Wildman–Crippen MR) is 99.5 cm³/mol. The van der Waals surface area contributed by atoms with Gasteiger partial charge in [-0.3, -0.25) is 4.79 Å². The van der Waals surface area contributed by atoms with E-state index in [1.54, 1.807) is 50.2 Å². The zero-order valence-electron chi connectivity index (χ0n) is 15.3. The Bertz CT molecular complexity index is 1110. The molecule has 0 aliphatic rings. The van der Waals surface area contributed by atoms with Crippen LogP contribution < -0.4 is 10.3 Å². The highest BCUT2D eigenvalue weighted by Gasteiger charge is 2.16. The average molecular weight is 363 g/mol. The van der Waals surface area contributed by atoms with E-state index in [2.05, 4.69) is 16.3 Å². The van der Waals surface area contributed by atoms with E-state index >= 15 is 4.39 Å². The minimum atomic E-state index is -0.484. The largest absolute Gasteiger partial charge is 0.454 e. The molecule has 0 aliphatic heterocycles. The standard InChI is InChI=1S/C21H18FN3O2/c1-12-4-6-15(11-23)9-18(12)27-20-13(2)5-7-16(19(20)22)10-17-8-14(3)21(26)25-24-17/h4-9H,10H2,1-3H3,(H,25,26). The summed E-state index contributed by atoms with van der Waals surface area (Å²) in [6.45, 7) is 5.27. The molecule has 27 heavy (non-hydrogen) atoms. The van der Waals surface area contributed by atoms with Gasteiger partial charge in [0.25, 0.3) is 5.56 Å². The van der Waals surface area contributed by atoms with Gasteiger partial charge in [-0.05, 0) is 55.7 Å². The normalized spacial score (nSPS) is 10.5. The van der Waals surface area contributed by atoms with Crippen molar-refractivity contribution in [3.05, 3.63) is 86.1 Å². The zero-order chi connectivity index (χ0) is 19.6. The summed E-state index contributed by atoms with van der Waals surface area (Å²) in [6.07, 6.45) is 0.220. The molecule has 0 atom stereocenters. The Morgan fingerprint density at radius 3 is 2.56 bits per heavy atom. The van der Waals surface area contributed by atoms with Crippen molar-refractivity contribution in [2.24, 2.45) is 0 Å². The minimum Gasteiger partial charge on any atom is -0.454 e. The second-order valence-corrected chi connectivity index (χ2v) is 6.43. The lowest BCUT2D eigenvalue weighted by atomic mass is 10.0. The van der Waals surface area contributed by atoms with E-state index in [4.69, 9.17) is 10.00 Å². The summed E-state index contributed by atoms with van der Waals surface area (Å²) < 4.78 is 20.9. The minimum absolute atomic E-state index is 0.117. The van der Waals surface area contributed by atoms with Gasteiger partial charge in [0.05, 0.1) is 17.3 Å². The first-order valence-corrected chi connectivity index (χ1v) is 8.41. The Morgan fingerprint density at radius 2 is 1.85 bits per heavy atom. The van der Waals surface area contributed by atoms with Crippen LogP contribution in [0.2, 0.25) is 0 Å². The number of rotatable bonds is 4. The summed E-state index contributed by atoms with van der Waals surface area (Å²) >= 11 is 0. The molecule has 3 aromatic rings. The number of aromatic nitrogens is 2. The van der Waals surface area contributed by atoms with E-state index in [9.17, 15) is 4.79 Å². The maximum Gasteiger partial charge on any atom is 0.267 e. The number of ether oxygens (including phenoxy) is 1. The van der Waals surface area contributed by atoms with Crippen LogP contribution in [-0.4, -0.2) is 10.2 Å². The zero-order valence-corrected chi connectivity index (χ0v) is 15.3. The van der Waals surface area contributed by atoms with E-state index in [-0.39, 0.29) is 17.7 Å². The van der Waals surface area contributed by atoms with Crippen LogP contribution >= 0.6 is 0 Å². The third-order valence-electron chi connectivity index (χ3n) is 4.32. The van der Waals surface area contributed by atoms with Crippen LogP contribution in [0.15, 0.2) is 41.2 Å². The van der Waals surface area contributed by atoms with Crippen LogP contribution in [0.25, 0.3) is 0 Å². The number of hydrogen-bond acceptors (Lipinski definition) is 4. The SMILES string of the molecule is Cc1ccc(C#N)cc1Oc1c(C)ccc(Cc2cc(C)c(=O)[nH]n2)c1F. The molecule has 0 radical (unpaired) electrons. The molecule has 0 amide bonds. The molecule has 0 saturated carbocycles. The van der Waals surface area contributed by atoms with Gasteiger partial charge in [-0.1, -0.05) is 18.2 Å². The number of hydrogen-bond donors (Lipinski definition) is 1. The van der Waals surface area contributed by atoms with Gasteiger partial charge in [0.1, 0.15) is 5.75 Å². The predicted octanol–water partition coefficient (Wildman–Crippen LogP) is 4.09. The number of halogens is 1. The summed E-state index contributed by atoms with van der Waals surface area (Å²) in [5.41, 5.74) is 3.11. The second kappa shape index (κ2) is 7.42. The fraction of sp³-hybridized carbons (Fsp3) is 0.190. The molecule has 6 heteroatoms. The lowest BCUT2D eigenvalue weighted by Crippen LogP contribution is -2.13. The Hall–Kier alpha value is -3.46. The molecule has 0 unspecified atom stereocenters. The molecule has 0 aliphatic carbocycles. The van der Waals surface area contributed by atoms with Crippen molar-refractivity contribution in [1.82, 2.24) is 10.2 Å². The number of nitriles is 1. The topological polar surface area (TPSA) is 78.8 Å². The summed E-state index contributed by atoms with van der Waals surface area (Å²) in [4.78, 5) is 11.4. The Balaban J connectivity index is 1.97. The summed E-state index contributed by atoms with van der Waals surface area (Å²) in [7, 11) is 0. The van der Waals surface area contributed by atoms with E-state index in [0.717, 1.165) is 5.56 Å². The van der Waals surface area contributed by atoms with Gasteiger partial charge >= 0.3 is 0 Å². The van der Waals surface area contributed by atoms with Gasteiger partial charge in [0, 0.05) is 12.0 Å². The van der Waals surface area contributed by atoms with Gasteiger partial charge in [-0.25, -0.2) is 9.49 Å². The molecule has 3 rings (SSSR count). The summed E-state index contributed by atoms with van der Waals surface area (Å²) in [5, 5.41) is 15.4. The van der Waals surface area contributed by atoms with Crippen LogP contribution in [0.4, 0.5) is 4.39 Å². The third kappa shape index (κ3) is 3.87. The molecule has 0 spiro atoms. The van der Waals surface area contributed by atoms with Gasteiger partial charge in [0.15, 0.2) is 11.6 Å². The summed E-state index contributed by atoms with van der Waals surface area (Å²) in [5.74, 6) is 0.0699. The van der Waals surface area contributed by atoms with Crippen molar-refractivity contribution in [2.75, 3.05) is 0 Å². The van der Waals surface area contributed by atoms with Crippen molar-refractivity contribution < 1.29 is 9.13 Å². The van der Waals surface area contributed by atoms with Crippen molar-refractivity contribution >= 4 is 0 Å². The summed E-state index contributed by atoms with van der Waals surface area (Å²) in [6, 6.07) is 12.2. The molecular formula is C21H18FN3O2. The van der Waals surface area contributed by atoms with Gasteiger partial charge in [0.2, 0.25) is 0 Å². The molecule has 1 aromatic heterocycles. The van der Waals surface area contributed by atoms with Crippen molar-refractivity contribution in [2.45, 2.75) is 27.2 Å². The maximum atomic E-state index is 15.1. The second-order valence-electron chi connectivity index (χ2n) is 6.43. The quantitative estimate of drug-likeness (QED) is 0.757. The van der Waals surface area contributed by atoms with Crippen LogP contribution in [0.5, 0.6) is 11.5 Å². The van der Waals surface area contributed by atoms with Gasteiger partial charge in [-0.15, -0.1) is 0 Å². The number of aromatic amines is 1. The van der Waals surface area contributed by atoms with Crippen LogP contribution in [0.1, 0.15) is 33.5 Å². The number of aryl methyl sites for hydroxylation is 3. The maximum absolute atomic E-state index is 15.1. The van der Waals surface area contributed by atoms with Crippen LogP contribution in [0, 0.1) is 37.9 Å². The lowest BCUT2D eigenvalue weighted by Gasteiger charge is -2.14. The van der Waals surface area contributed by atoms with E-state index in [0.29, 0.717) is 33.7 Å². The average Bonchev–Trinajstić information content (AvgIpc) is 2.65. The smallest absolute Gasteiger partial charge is 0.267 e. The molecule has 5 nitrogen and oxygen atoms in total. The van der Waals surface area contributed by atoms with Crippen molar-refractivity contribution in [1.29, 1.82) is 5.26 Å². The fourth-order valence-corrected chi connectivity index (χ4v) is 2.69. The number of nitrogens with zero attached hydrogens (tertiary/aromatic N) is 2. The number of nitrogens with one attached hydrogen (secondary N) is 1. The molecule has 1 N–H and O–H groups in total. The van der Waals surface area contributed by atoms with Crippen LogP contribution in [0.3, 0.4) is 0 Å². The highest BCUT2D eigenvalue weighted by atomic mass is 19.1. The monoisotopic (exact) mass is 363 g/mol. The van der Waals surface area contributed by atoms with Crippen molar-refractivity contribution in [3.8, 4) is 17.6 Å². The van der Waals surface area contributed by atoms with E-state index < -0.39 is 5.82 Å². The number of H-pyrrole nitrogens is 1. The molecule has 136 valence electrons. The first kappa shape index (κ1) is 18.3. The van der Waals surface area contributed by atoms with Gasteiger partial charge in [-0.2, -0.15) is 10.4 Å². The molecule has 2 aromatic carbocycles. The lowest BCUT2D eigenvalue weighted by molar-refractivity contribution is 0.432. The highest BCUT2D eigenvalue weighted by Crippen LogP contribution is 2.33. The Labute approximate surface area is 156 Å². The first-order chi connectivity index (χ1) is 12.9. The fourth-order valence-electron chi connectivity index (χ4n) is 2.69. The Morgan fingerprint density at radius 1 is 1.11 bits per heavy atom. The molecule has 0 saturated heterocycles. The van der Waals surface area contributed by atoms with Crippen molar-refractivity contribution in [3.63, 3.8) is 0 Å². The Kier molecular flexibility index (Phi) is 5.04. The number of benzene rings is 2. The molecule has 1 heterocycles. The third-order valence-corrected chi connectivity index (χ3v) is 4.32.